The van der Waals surface area contributed by atoms with Gasteiger partial charge in [-0.3, -0.25) is 9.69 Å². The predicted molar refractivity (Wildman–Crippen MR) is 69.4 cm³/mol. The maximum atomic E-state index is 11.0. The van der Waals surface area contributed by atoms with Crippen LogP contribution >= 0.6 is 11.8 Å². The summed E-state index contributed by atoms with van der Waals surface area (Å²) in [6.45, 7) is 1.78. The molecule has 0 amide bonds. The van der Waals surface area contributed by atoms with Gasteiger partial charge in [-0.2, -0.15) is 0 Å². The van der Waals surface area contributed by atoms with Crippen molar-refractivity contribution in [2.75, 3.05) is 18.8 Å². The molecule has 1 aliphatic rings. The van der Waals surface area contributed by atoms with Gasteiger partial charge >= 0.3 is 5.97 Å². The zero-order valence-electron chi connectivity index (χ0n) is 9.71. The second kappa shape index (κ2) is 6.07. The molecule has 92 valence electrons. The first-order valence-electron chi connectivity index (χ1n) is 5.92. The SMILES string of the molecule is O=C(O)[C@@H]1CCCN1CCSc1ccccc1. The largest absolute Gasteiger partial charge is 0.480 e. The molecule has 3 nitrogen and oxygen atoms in total. The van der Waals surface area contributed by atoms with Gasteiger partial charge in [-0.15, -0.1) is 11.8 Å². The molecule has 0 aromatic heterocycles. The topological polar surface area (TPSA) is 40.5 Å². The molecule has 0 spiro atoms. The highest BCUT2D eigenvalue weighted by atomic mass is 32.2. The van der Waals surface area contributed by atoms with Gasteiger partial charge in [0.15, 0.2) is 0 Å². The number of nitrogens with zero attached hydrogens (tertiary/aromatic N) is 1. The summed E-state index contributed by atoms with van der Waals surface area (Å²) in [5, 5.41) is 9.05. The first-order valence-corrected chi connectivity index (χ1v) is 6.90. The van der Waals surface area contributed by atoms with Crippen LogP contribution in [0.2, 0.25) is 0 Å². The lowest BCUT2D eigenvalue weighted by molar-refractivity contribution is -0.142. The van der Waals surface area contributed by atoms with Crippen LogP contribution in [0.4, 0.5) is 0 Å². The van der Waals surface area contributed by atoms with Gasteiger partial charge in [-0.25, -0.2) is 0 Å². The van der Waals surface area contributed by atoms with Crippen molar-refractivity contribution in [2.45, 2.75) is 23.8 Å². The van der Waals surface area contributed by atoms with Gasteiger partial charge < -0.3 is 5.11 Å². The Balaban J connectivity index is 1.77. The molecule has 17 heavy (non-hydrogen) atoms. The molecule has 0 saturated carbocycles. The van der Waals surface area contributed by atoms with Crippen LogP contribution in [0.15, 0.2) is 35.2 Å². The lowest BCUT2D eigenvalue weighted by Gasteiger charge is -2.20. The third kappa shape index (κ3) is 3.48. The monoisotopic (exact) mass is 251 g/mol. The minimum atomic E-state index is -0.674. The summed E-state index contributed by atoms with van der Waals surface area (Å²) in [7, 11) is 0. The zero-order valence-corrected chi connectivity index (χ0v) is 10.5. The summed E-state index contributed by atoms with van der Waals surface area (Å²) in [5.74, 6) is 0.278. The molecule has 0 radical (unpaired) electrons. The molecular formula is C13H17NO2S. The summed E-state index contributed by atoms with van der Waals surface area (Å²) in [4.78, 5) is 14.3. The molecule has 4 heteroatoms. The van der Waals surface area contributed by atoms with Gasteiger partial charge in [0.25, 0.3) is 0 Å². The van der Waals surface area contributed by atoms with Crippen LogP contribution in [0, 0.1) is 0 Å². The van der Waals surface area contributed by atoms with E-state index in [0.717, 1.165) is 31.7 Å². The fourth-order valence-electron chi connectivity index (χ4n) is 2.17. The Kier molecular flexibility index (Phi) is 4.45. The molecule has 0 aliphatic carbocycles. The first-order chi connectivity index (χ1) is 8.27. The molecule has 1 aromatic carbocycles. The van der Waals surface area contributed by atoms with E-state index >= 15 is 0 Å². The van der Waals surface area contributed by atoms with Gasteiger partial charge in [0.2, 0.25) is 0 Å². The summed E-state index contributed by atoms with van der Waals surface area (Å²) >= 11 is 1.79. The van der Waals surface area contributed by atoms with E-state index in [1.807, 2.05) is 18.2 Å². The number of thioether (sulfide) groups is 1. The van der Waals surface area contributed by atoms with Crippen LogP contribution in [0.5, 0.6) is 0 Å². The molecular weight excluding hydrogens is 234 g/mol. The van der Waals surface area contributed by atoms with E-state index in [1.165, 1.54) is 4.90 Å². The van der Waals surface area contributed by atoms with Crippen molar-refractivity contribution in [2.24, 2.45) is 0 Å². The van der Waals surface area contributed by atoms with Crippen LogP contribution in [0.3, 0.4) is 0 Å². The smallest absolute Gasteiger partial charge is 0.320 e. The Labute approximate surface area is 106 Å². The van der Waals surface area contributed by atoms with Crippen LogP contribution < -0.4 is 0 Å². The summed E-state index contributed by atoms with van der Waals surface area (Å²) < 4.78 is 0. The third-order valence-corrected chi connectivity index (χ3v) is 4.03. The van der Waals surface area contributed by atoms with Gasteiger partial charge in [0, 0.05) is 17.2 Å². The number of carboxylic acid groups (broad SMARTS) is 1. The van der Waals surface area contributed by atoms with E-state index in [0.29, 0.717) is 0 Å². The molecule has 1 aliphatic heterocycles. The highest BCUT2D eigenvalue weighted by Crippen LogP contribution is 2.21. The number of hydrogen-bond acceptors (Lipinski definition) is 3. The quantitative estimate of drug-likeness (QED) is 0.815. The standard InChI is InChI=1S/C13H17NO2S/c15-13(16)12-7-4-8-14(12)9-10-17-11-5-2-1-3-6-11/h1-3,5-6,12H,4,7-10H2,(H,15,16)/t12-/m0/s1. The molecule has 1 aromatic rings. The number of aliphatic carboxylic acids is 1. The number of benzene rings is 1. The average Bonchev–Trinajstić information content (AvgIpc) is 2.79. The van der Waals surface area contributed by atoms with E-state index in [2.05, 4.69) is 17.0 Å². The highest BCUT2D eigenvalue weighted by molar-refractivity contribution is 7.99. The molecule has 1 atom stereocenters. The van der Waals surface area contributed by atoms with E-state index in [1.54, 1.807) is 11.8 Å². The lowest BCUT2D eigenvalue weighted by atomic mass is 10.2. The van der Waals surface area contributed by atoms with Crippen molar-refractivity contribution in [1.82, 2.24) is 4.90 Å². The average molecular weight is 251 g/mol. The minimum absolute atomic E-state index is 0.258. The maximum absolute atomic E-state index is 11.0. The van der Waals surface area contributed by atoms with E-state index in [4.69, 9.17) is 5.11 Å². The zero-order chi connectivity index (χ0) is 12.1. The van der Waals surface area contributed by atoms with Crippen molar-refractivity contribution in [1.29, 1.82) is 0 Å². The molecule has 0 unspecified atom stereocenters. The van der Waals surface area contributed by atoms with Crippen LogP contribution in [0.1, 0.15) is 12.8 Å². The molecule has 1 saturated heterocycles. The van der Waals surface area contributed by atoms with Crippen molar-refractivity contribution in [3.63, 3.8) is 0 Å². The number of likely N-dealkylation sites (tertiary alicyclic amines) is 1. The number of rotatable bonds is 5. The molecule has 1 fully saturated rings. The Hall–Kier alpha value is -1.00. The number of carbonyl (C=O) groups is 1. The Morgan fingerprint density at radius 3 is 2.88 bits per heavy atom. The predicted octanol–water partition coefficient (Wildman–Crippen LogP) is 2.33. The molecule has 0 bridgehead atoms. The van der Waals surface area contributed by atoms with E-state index in [-0.39, 0.29) is 6.04 Å². The van der Waals surface area contributed by atoms with Crippen molar-refractivity contribution in [3.8, 4) is 0 Å². The third-order valence-electron chi connectivity index (χ3n) is 3.04. The van der Waals surface area contributed by atoms with E-state index < -0.39 is 5.97 Å². The first kappa shape index (κ1) is 12.5. The summed E-state index contributed by atoms with van der Waals surface area (Å²) in [6, 6.07) is 9.97. The number of hydrogen-bond donors (Lipinski definition) is 1. The lowest BCUT2D eigenvalue weighted by Crippen LogP contribution is -2.37. The van der Waals surface area contributed by atoms with Gasteiger partial charge in [0.05, 0.1) is 0 Å². The van der Waals surface area contributed by atoms with Crippen LogP contribution in [-0.2, 0) is 4.79 Å². The minimum Gasteiger partial charge on any atom is -0.480 e. The van der Waals surface area contributed by atoms with E-state index in [9.17, 15) is 4.79 Å². The summed E-state index contributed by atoms with van der Waals surface area (Å²) in [5.41, 5.74) is 0. The fraction of sp³-hybridized carbons (Fsp3) is 0.462. The maximum Gasteiger partial charge on any atom is 0.320 e. The van der Waals surface area contributed by atoms with Gasteiger partial charge in [-0.05, 0) is 31.5 Å². The Bertz CT molecular complexity index is 369. The Morgan fingerprint density at radius 1 is 1.41 bits per heavy atom. The molecule has 2 rings (SSSR count). The van der Waals surface area contributed by atoms with Crippen LogP contribution in [-0.4, -0.2) is 40.9 Å². The van der Waals surface area contributed by atoms with Crippen molar-refractivity contribution in [3.05, 3.63) is 30.3 Å². The second-order valence-electron chi connectivity index (χ2n) is 4.19. The summed E-state index contributed by atoms with van der Waals surface area (Å²) in [6.07, 6.45) is 1.80. The highest BCUT2D eigenvalue weighted by Gasteiger charge is 2.29. The second-order valence-corrected chi connectivity index (χ2v) is 5.36. The van der Waals surface area contributed by atoms with Crippen molar-refractivity contribution >= 4 is 17.7 Å². The number of carboxylic acids is 1. The fourth-order valence-corrected chi connectivity index (χ4v) is 3.08. The van der Waals surface area contributed by atoms with Crippen LogP contribution in [0.25, 0.3) is 0 Å². The Morgan fingerprint density at radius 2 is 2.18 bits per heavy atom. The normalized spacial score (nSPS) is 20.6. The molecule has 1 heterocycles. The van der Waals surface area contributed by atoms with Gasteiger partial charge in [-0.1, -0.05) is 18.2 Å². The van der Waals surface area contributed by atoms with Gasteiger partial charge in [0.1, 0.15) is 6.04 Å². The van der Waals surface area contributed by atoms with Crippen molar-refractivity contribution < 1.29 is 9.90 Å². The molecule has 1 N–H and O–H groups in total.